The highest BCUT2D eigenvalue weighted by molar-refractivity contribution is 5.88. The number of rotatable bonds is 10. The molecule has 2 aromatic carbocycles. The van der Waals surface area contributed by atoms with Gasteiger partial charge < -0.3 is 19.7 Å². The van der Waals surface area contributed by atoms with Crippen molar-refractivity contribution in [2.24, 2.45) is 0 Å². The number of nitrogens with one attached hydrogen (secondary N) is 1. The molecule has 0 aromatic heterocycles. The summed E-state index contributed by atoms with van der Waals surface area (Å²) in [5.74, 6) is 0.895. The van der Waals surface area contributed by atoms with Crippen molar-refractivity contribution in [1.29, 1.82) is 0 Å². The van der Waals surface area contributed by atoms with E-state index in [-0.39, 0.29) is 18.4 Å². The van der Waals surface area contributed by atoms with Crippen molar-refractivity contribution in [2.45, 2.75) is 39.8 Å². The molecule has 0 radical (unpaired) electrons. The van der Waals surface area contributed by atoms with Crippen LogP contribution in [0.2, 0.25) is 0 Å². The SMILES string of the molecule is CCNC(=O)[C@H](CC)N(Cc1ccc(C)cc1)C(=O)COc1ccc(OC)cc1. The average Bonchev–Trinajstić information content (AvgIpc) is 2.73. The summed E-state index contributed by atoms with van der Waals surface area (Å²) in [6.45, 7) is 6.50. The van der Waals surface area contributed by atoms with E-state index in [4.69, 9.17) is 9.47 Å². The van der Waals surface area contributed by atoms with E-state index in [1.165, 1.54) is 0 Å². The van der Waals surface area contributed by atoms with Crippen LogP contribution >= 0.6 is 0 Å². The molecule has 6 nitrogen and oxygen atoms in total. The van der Waals surface area contributed by atoms with Gasteiger partial charge in [-0.1, -0.05) is 36.8 Å². The Balaban J connectivity index is 2.15. The predicted octanol–water partition coefficient (Wildman–Crippen LogP) is 3.33. The van der Waals surface area contributed by atoms with E-state index in [0.29, 0.717) is 31.0 Å². The molecule has 0 unspecified atom stereocenters. The fourth-order valence-electron chi connectivity index (χ4n) is 3.00. The first-order valence-electron chi connectivity index (χ1n) is 9.88. The van der Waals surface area contributed by atoms with Crippen molar-refractivity contribution in [3.8, 4) is 11.5 Å². The molecule has 2 amide bonds. The van der Waals surface area contributed by atoms with E-state index in [9.17, 15) is 9.59 Å². The zero-order chi connectivity index (χ0) is 21.2. The Morgan fingerprint density at radius 1 is 1.00 bits per heavy atom. The Labute approximate surface area is 172 Å². The van der Waals surface area contributed by atoms with Crippen LogP contribution < -0.4 is 14.8 Å². The number of hydrogen-bond donors (Lipinski definition) is 1. The largest absolute Gasteiger partial charge is 0.497 e. The van der Waals surface area contributed by atoms with E-state index in [1.54, 1.807) is 36.3 Å². The number of methoxy groups -OCH3 is 1. The number of nitrogens with zero attached hydrogens (tertiary/aromatic N) is 1. The van der Waals surface area contributed by atoms with Crippen molar-refractivity contribution in [3.05, 3.63) is 59.7 Å². The van der Waals surface area contributed by atoms with Gasteiger partial charge in [-0.25, -0.2) is 0 Å². The van der Waals surface area contributed by atoms with Gasteiger partial charge in [0.1, 0.15) is 17.5 Å². The van der Waals surface area contributed by atoms with Gasteiger partial charge in [-0.05, 0) is 50.1 Å². The fraction of sp³-hybridized carbons (Fsp3) is 0.391. The van der Waals surface area contributed by atoms with Crippen LogP contribution in [-0.2, 0) is 16.1 Å². The van der Waals surface area contributed by atoms with Crippen LogP contribution in [-0.4, -0.2) is 43.0 Å². The summed E-state index contributed by atoms with van der Waals surface area (Å²) in [4.78, 5) is 27.2. The molecule has 0 saturated carbocycles. The summed E-state index contributed by atoms with van der Waals surface area (Å²) >= 11 is 0. The third kappa shape index (κ3) is 6.52. The maximum absolute atomic E-state index is 13.0. The molecule has 0 heterocycles. The highest BCUT2D eigenvalue weighted by Gasteiger charge is 2.28. The predicted molar refractivity (Wildman–Crippen MR) is 113 cm³/mol. The molecule has 1 N–H and O–H groups in total. The van der Waals surface area contributed by atoms with E-state index in [1.807, 2.05) is 45.0 Å². The second-order valence-electron chi connectivity index (χ2n) is 6.79. The molecule has 0 bridgehead atoms. The summed E-state index contributed by atoms with van der Waals surface area (Å²) in [5, 5.41) is 2.83. The van der Waals surface area contributed by atoms with Crippen molar-refractivity contribution >= 4 is 11.8 Å². The first-order chi connectivity index (χ1) is 14.0. The third-order valence-electron chi connectivity index (χ3n) is 4.63. The lowest BCUT2D eigenvalue weighted by Gasteiger charge is -2.30. The van der Waals surface area contributed by atoms with E-state index >= 15 is 0 Å². The topological polar surface area (TPSA) is 67.9 Å². The van der Waals surface area contributed by atoms with E-state index in [0.717, 1.165) is 11.1 Å². The van der Waals surface area contributed by atoms with Crippen molar-refractivity contribution < 1.29 is 19.1 Å². The fourth-order valence-corrected chi connectivity index (χ4v) is 3.00. The molecule has 29 heavy (non-hydrogen) atoms. The molecule has 1 atom stereocenters. The standard InChI is InChI=1S/C23H30N2O4/c1-5-21(23(27)24-6-2)25(15-18-9-7-17(3)8-10-18)22(26)16-29-20-13-11-19(28-4)12-14-20/h7-14,21H,5-6,15-16H2,1-4H3,(H,24,27)/t21-/m0/s1. The lowest BCUT2D eigenvalue weighted by molar-refractivity contribution is -0.142. The number of aryl methyl sites for hydroxylation is 1. The maximum Gasteiger partial charge on any atom is 0.261 e. The smallest absolute Gasteiger partial charge is 0.261 e. The van der Waals surface area contributed by atoms with Crippen LogP contribution in [0.3, 0.4) is 0 Å². The molecular weight excluding hydrogens is 368 g/mol. The molecule has 2 aromatic rings. The molecule has 0 saturated heterocycles. The Bertz CT molecular complexity index is 788. The number of hydrogen-bond acceptors (Lipinski definition) is 4. The van der Waals surface area contributed by atoms with Crippen molar-refractivity contribution in [3.63, 3.8) is 0 Å². The van der Waals surface area contributed by atoms with Crippen LogP contribution in [0.15, 0.2) is 48.5 Å². The molecule has 0 fully saturated rings. The maximum atomic E-state index is 13.0. The van der Waals surface area contributed by atoms with Crippen LogP contribution in [0.1, 0.15) is 31.4 Å². The van der Waals surface area contributed by atoms with Crippen LogP contribution in [0.25, 0.3) is 0 Å². The zero-order valence-electron chi connectivity index (χ0n) is 17.6. The van der Waals surface area contributed by atoms with Gasteiger partial charge in [0.25, 0.3) is 5.91 Å². The number of amides is 2. The van der Waals surface area contributed by atoms with Gasteiger partial charge in [0.05, 0.1) is 7.11 Å². The van der Waals surface area contributed by atoms with Crippen molar-refractivity contribution in [2.75, 3.05) is 20.3 Å². The van der Waals surface area contributed by atoms with Gasteiger partial charge in [-0.15, -0.1) is 0 Å². The molecule has 0 spiro atoms. The Kier molecular flexibility index (Phi) is 8.52. The summed E-state index contributed by atoms with van der Waals surface area (Å²) in [6, 6.07) is 14.4. The second kappa shape index (κ2) is 11.1. The summed E-state index contributed by atoms with van der Waals surface area (Å²) < 4.78 is 10.8. The minimum absolute atomic E-state index is 0.145. The number of carbonyl (C=O) groups is 2. The van der Waals surface area contributed by atoms with Gasteiger partial charge in [0, 0.05) is 13.1 Å². The molecule has 0 aliphatic heterocycles. The van der Waals surface area contributed by atoms with Crippen LogP contribution in [0, 0.1) is 6.92 Å². The molecular formula is C23H30N2O4. The first kappa shape index (κ1) is 22.3. The van der Waals surface area contributed by atoms with E-state index in [2.05, 4.69) is 5.32 Å². The lowest BCUT2D eigenvalue weighted by atomic mass is 10.1. The van der Waals surface area contributed by atoms with Gasteiger partial charge in [-0.2, -0.15) is 0 Å². The van der Waals surface area contributed by atoms with Gasteiger partial charge >= 0.3 is 0 Å². The minimum atomic E-state index is -0.553. The van der Waals surface area contributed by atoms with Crippen LogP contribution in [0.5, 0.6) is 11.5 Å². The summed E-state index contributed by atoms with van der Waals surface area (Å²) in [6.07, 6.45) is 0.520. The highest BCUT2D eigenvalue weighted by Crippen LogP contribution is 2.18. The molecule has 156 valence electrons. The number of benzene rings is 2. The summed E-state index contributed by atoms with van der Waals surface area (Å²) in [5.41, 5.74) is 2.11. The minimum Gasteiger partial charge on any atom is -0.497 e. The Hall–Kier alpha value is -3.02. The monoisotopic (exact) mass is 398 g/mol. The second-order valence-corrected chi connectivity index (χ2v) is 6.79. The Morgan fingerprint density at radius 3 is 2.17 bits per heavy atom. The molecule has 0 aliphatic carbocycles. The van der Waals surface area contributed by atoms with Gasteiger partial charge in [0.2, 0.25) is 5.91 Å². The van der Waals surface area contributed by atoms with Crippen molar-refractivity contribution in [1.82, 2.24) is 10.2 Å². The highest BCUT2D eigenvalue weighted by atomic mass is 16.5. The van der Waals surface area contributed by atoms with Gasteiger partial charge in [-0.3, -0.25) is 9.59 Å². The quantitative estimate of drug-likeness (QED) is 0.667. The third-order valence-corrected chi connectivity index (χ3v) is 4.63. The van der Waals surface area contributed by atoms with E-state index < -0.39 is 6.04 Å². The average molecular weight is 399 g/mol. The molecule has 2 rings (SSSR count). The summed E-state index contributed by atoms with van der Waals surface area (Å²) in [7, 11) is 1.59. The number of likely N-dealkylation sites (N-methyl/N-ethyl adjacent to an activating group) is 1. The zero-order valence-corrected chi connectivity index (χ0v) is 17.6. The lowest BCUT2D eigenvalue weighted by Crippen LogP contribution is -2.50. The van der Waals surface area contributed by atoms with Gasteiger partial charge in [0.15, 0.2) is 6.61 Å². The molecule has 0 aliphatic rings. The number of carbonyl (C=O) groups excluding carboxylic acids is 2. The Morgan fingerprint density at radius 2 is 1.62 bits per heavy atom. The molecule has 6 heteroatoms. The van der Waals surface area contributed by atoms with Crippen LogP contribution in [0.4, 0.5) is 0 Å². The number of ether oxygens (including phenoxy) is 2. The normalized spacial score (nSPS) is 11.4. The first-order valence-corrected chi connectivity index (χ1v) is 9.88.